The number of anilines is 1. The van der Waals surface area contributed by atoms with Crippen molar-refractivity contribution in [3.63, 3.8) is 0 Å². The highest BCUT2D eigenvalue weighted by molar-refractivity contribution is 7.09. The van der Waals surface area contributed by atoms with E-state index in [0.717, 1.165) is 4.88 Å². The quantitative estimate of drug-likeness (QED) is 0.668. The number of rotatable bonds is 4. The van der Waals surface area contributed by atoms with Crippen LogP contribution in [0.25, 0.3) is 0 Å². The largest absolute Gasteiger partial charge is 0.359 e. The fourth-order valence-electron chi connectivity index (χ4n) is 1.49. The second-order valence-electron chi connectivity index (χ2n) is 3.52. The van der Waals surface area contributed by atoms with E-state index in [2.05, 4.69) is 10.3 Å². The number of aryl methyl sites for hydroxylation is 1. The minimum absolute atomic E-state index is 0.0454. The summed E-state index contributed by atoms with van der Waals surface area (Å²) in [5.41, 5.74) is 0.655. The second kappa shape index (κ2) is 4.92. The zero-order valence-corrected chi connectivity index (χ0v) is 10.0. The molecule has 2 aromatic rings. The van der Waals surface area contributed by atoms with Gasteiger partial charge in [0.05, 0.1) is 11.5 Å². The van der Waals surface area contributed by atoms with Crippen molar-refractivity contribution >= 4 is 22.8 Å². The predicted molar refractivity (Wildman–Crippen MR) is 67.3 cm³/mol. The molecule has 2 aromatic heterocycles. The van der Waals surface area contributed by atoms with Gasteiger partial charge in [-0.3, -0.25) is 10.1 Å². The summed E-state index contributed by atoms with van der Waals surface area (Å²) in [5, 5.41) is 15.9. The summed E-state index contributed by atoms with van der Waals surface area (Å²) >= 11 is 1.60. The number of thiophene rings is 1. The molecule has 0 unspecified atom stereocenters. The zero-order valence-electron chi connectivity index (χ0n) is 9.21. The van der Waals surface area contributed by atoms with E-state index in [1.165, 1.54) is 0 Å². The van der Waals surface area contributed by atoms with Crippen molar-refractivity contribution in [3.05, 3.63) is 50.3 Å². The summed E-state index contributed by atoms with van der Waals surface area (Å²) in [5.74, 6) is 0.323. The van der Waals surface area contributed by atoms with Gasteiger partial charge in [-0.15, -0.1) is 11.3 Å². The van der Waals surface area contributed by atoms with Crippen LogP contribution in [-0.2, 0) is 6.54 Å². The first-order valence-corrected chi connectivity index (χ1v) is 5.92. The fourth-order valence-corrected chi connectivity index (χ4v) is 2.14. The Morgan fingerprint density at radius 1 is 1.53 bits per heavy atom. The first kappa shape index (κ1) is 11.5. The van der Waals surface area contributed by atoms with E-state index in [9.17, 15) is 10.1 Å². The number of aromatic nitrogens is 1. The van der Waals surface area contributed by atoms with Crippen molar-refractivity contribution < 1.29 is 4.92 Å². The van der Waals surface area contributed by atoms with Gasteiger partial charge in [-0.05, 0) is 24.4 Å². The van der Waals surface area contributed by atoms with Gasteiger partial charge < -0.3 is 5.32 Å². The molecule has 0 fully saturated rings. The van der Waals surface area contributed by atoms with Gasteiger partial charge in [0.25, 0.3) is 0 Å². The molecular weight excluding hydrogens is 238 g/mol. The molecule has 0 aliphatic rings. The van der Waals surface area contributed by atoms with Gasteiger partial charge in [0.2, 0.25) is 5.82 Å². The van der Waals surface area contributed by atoms with Crippen LogP contribution in [0, 0.1) is 17.0 Å². The molecule has 17 heavy (non-hydrogen) atoms. The number of hydrogen-bond donors (Lipinski definition) is 1. The van der Waals surface area contributed by atoms with Crippen LogP contribution in [0.5, 0.6) is 0 Å². The number of nitro groups is 1. The molecule has 88 valence electrons. The average Bonchev–Trinajstić information content (AvgIpc) is 2.78. The van der Waals surface area contributed by atoms with Crippen LogP contribution in [0.2, 0.25) is 0 Å². The molecule has 0 bridgehead atoms. The molecule has 0 spiro atoms. The van der Waals surface area contributed by atoms with Crippen LogP contribution < -0.4 is 5.32 Å². The maximum Gasteiger partial charge on any atom is 0.314 e. The SMILES string of the molecule is Cc1ccnc(NCc2cccs2)c1[N+](=O)[O-]. The molecule has 0 aromatic carbocycles. The third-order valence-corrected chi connectivity index (χ3v) is 3.20. The molecule has 0 saturated carbocycles. The number of pyridine rings is 1. The smallest absolute Gasteiger partial charge is 0.314 e. The van der Waals surface area contributed by atoms with Gasteiger partial charge in [0, 0.05) is 16.6 Å². The topological polar surface area (TPSA) is 68.1 Å². The van der Waals surface area contributed by atoms with Gasteiger partial charge in [-0.25, -0.2) is 4.98 Å². The lowest BCUT2D eigenvalue weighted by molar-refractivity contribution is -0.384. The van der Waals surface area contributed by atoms with E-state index in [1.807, 2.05) is 17.5 Å². The minimum atomic E-state index is -0.404. The predicted octanol–water partition coefficient (Wildman–Crippen LogP) is 2.97. The standard InChI is InChI=1S/C11H11N3O2S/c1-8-4-5-12-11(10(8)14(15)16)13-7-9-3-2-6-17-9/h2-6H,7H2,1H3,(H,12,13). The maximum atomic E-state index is 10.9. The van der Waals surface area contributed by atoms with Crippen molar-refractivity contribution in [2.75, 3.05) is 5.32 Å². The van der Waals surface area contributed by atoms with E-state index in [1.54, 1.807) is 30.5 Å². The van der Waals surface area contributed by atoms with Crippen LogP contribution in [-0.4, -0.2) is 9.91 Å². The Kier molecular flexibility index (Phi) is 3.34. The van der Waals surface area contributed by atoms with E-state index < -0.39 is 4.92 Å². The minimum Gasteiger partial charge on any atom is -0.359 e. The summed E-state index contributed by atoms with van der Waals surface area (Å²) in [7, 11) is 0. The summed E-state index contributed by atoms with van der Waals surface area (Å²) in [4.78, 5) is 15.7. The van der Waals surface area contributed by atoms with Gasteiger partial charge in [0.15, 0.2) is 0 Å². The third kappa shape index (κ3) is 2.59. The molecule has 0 amide bonds. The Labute approximate surface area is 102 Å². The summed E-state index contributed by atoms with van der Waals surface area (Å²) in [6, 6.07) is 5.55. The Bertz CT molecular complexity index is 526. The van der Waals surface area contributed by atoms with E-state index in [-0.39, 0.29) is 5.69 Å². The van der Waals surface area contributed by atoms with Crippen molar-refractivity contribution in [2.24, 2.45) is 0 Å². The first-order chi connectivity index (χ1) is 8.18. The molecule has 5 nitrogen and oxygen atoms in total. The monoisotopic (exact) mass is 249 g/mol. The summed E-state index contributed by atoms with van der Waals surface area (Å²) in [6.45, 7) is 2.26. The van der Waals surface area contributed by atoms with Gasteiger partial charge >= 0.3 is 5.69 Å². The van der Waals surface area contributed by atoms with Crippen molar-refractivity contribution in [3.8, 4) is 0 Å². The van der Waals surface area contributed by atoms with Crippen LogP contribution in [0.4, 0.5) is 11.5 Å². The summed E-state index contributed by atoms with van der Waals surface area (Å²) < 4.78 is 0. The van der Waals surface area contributed by atoms with Gasteiger partial charge in [0.1, 0.15) is 0 Å². The molecule has 0 atom stereocenters. The molecule has 1 N–H and O–H groups in total. The van der Waals surface area contributed by atoms with Crippen LogP contribution in [0.1, 0.15) is 10.4 Å². The first-order valence-electron chi connectivity index (χ1n) is 5.04. The highest BCUT2D eigenvalue weighted by Crippen LogP contribution is 2.26. The molecule has 2 heterocycles. The highest BCUT2D eigenvalue weighted by Gasteiger charge is 2.17. The highest BCUT2D eigenvalue weighted by atomic mass is 32.1. The van der Waals surface area contributed by atoms with Gasteiger partial charge in [-0.1, -0.05) is 6.07 Å². The third-order valence-electron chi connectivity index (χ3n) is 2.32. The Balaban J connectivity index is 2.21. The molecular formula is C11H11N3O2S. The van der Waals surface area contributed by atoms with E-state index >= 15 is 0 Å². The Morgan fingerprint density at radius 3 is 3.00 bits per heavy atom. The van der Waals surface area contributed by atoms with Crippen molar-refractivity contribution in [2.45, 2.75) is 13.5 Å². The molecule has 0 radical (unpaired) electrons. The Hall–Kier alpha value is -1.95. The molecule has 0 saturated heterocycles. The molecule has 0 aliphatic carbocycles. The molecule has 2 rings (SSSR count). The number of hydrogen-bond acceptors (Lipinski definition) is 5. The van der Waals surface area contributed by atoms with Crippen molar-refractivity contribution in [1.29, 1.82) is 0 Å². The molecule has 6 heteroatoms. The number of nitrogens with one attached hydrogen (secondary N) is 1. The van der Waals surface area contributed by atoms with E-state index in [0.29, 0.717) is 17.9 Å². The molecule has 0 aliphatic heterocycles. The lowest BCUT2D eigenvalue weighted by Gasteiger charge is -2.06. The Morgan fingerprint density at radius 2 is 2.35 bits per heavy atom. The van der Waals surface area contributed by atoms with Crippen LogP contribution in [0.3, 0.4) is 0 Å². The summed E-state index contributed by atoms with van der Waals surface area (Å²) in [6.07, 6.45) is 1.57. The van der Waals surface area contributed by atoms with E-state index in [4.69, 9.17) is 0 Å². The zero-order chi connectivity index (χ0) is 12.3. The van der Waals surface area contributed by atoms with Crippen LogP contribution in [0.15, 0.2) is 29.8 Å². The average molecular weight is 249 g/mol. The van der Waals surface area contributed by atoms with Gasteiger partial charge in [-0.2, -0.15) is 0 Å². The maximum absolute atomic E-state index is 10.9. The van der Waals surface area contributed by atoms with Crippen molar-refractivity contribution in [1.82, 2.24) is 4.98 Å². The second-order valence-corrected chi connectivity index (χ2v) is 4.55. The lowest BCUT2D eigenvalue weighted by Crippen LogP contribution is -2.04. The van der Waals surface area contributed by atoms with Crippen LogP contribution >= 0.6 is 11.3 Å². The fraction of sp³-hybridized carbons (Fsp3) is 0.182. The normalized spacial score (nSPS) is 10.2. The number of nitrogens with zero attached hydrogens (tertiary/aromatic N) is 2. The lowest BCUT2D eigenvalue weighted by atomic mass is 10.2.